The van der Waals surface area contributed by atoms with E-state index in [4.69, 9.17) is 0 Å². The van der Waals surface area contributed by atoms with Gasteiger partial charge in [-0.1, -0.05) is 0 Å². The van der Waals surface area contributed by atoms with Gasteiger partial charge in [-0.3, -0.25) is 4.98 Å². The van der Waals surface area contributed by atoms with Gasteiger partial charge in [0.15, 0.2) is 0 Å². The van der Waals surface area contributed by atoms with Crippen LogP contribution in [0.3, 0.4) is 0 Å². The fraction of sp³-hybridized carbons (Fsp3) is 0.444. The third kappa shape index (κ3) is 2.20. The topological polar surface area (TPSA) is 37.0 Å². The Kier molecular flexibility index (Phi) is 3.54. The summed E-state index contributed by atoms with van der Waals surface area (Å²) in [5.41, 5.74) is 2.38. The molecule has 0 aliphatic rings. The number of rotatable bonds is 4. The number of hydrogen-bond acceptors (Lipinski definition) is 3. The van der Waals surface area contributed by atoms with Gasteiger partial charge in [-0.15, -0.1) is 0 Å². The summed E-state index contributed by atoms with van der Waals surface area (Å²) in [6, 6.07) is 2.02. The fourth-order valence-corrected chi connectivity index (χ4v) is 1.12. The molecule has 0 saturated heterocycles. The third-order valence-electron chi connectivity index (χ3n) is 1.65. The zero-order chi connectivity index (χ0) is 8.81. The van der Waals surface area contributed by atoms with Crippen molar-refractivity contribution in [2.24, 2.45) is 0 Å². The zero-order valence-electron chi connectivity index (χ0n) is 7.59. The van der Waals surface area contributed by atoms with Gasteiger partial charge in [0.25, 0.3) is 0 Å². The SMILES string of the molecule is CCNc1cnccc1CNC. The van der Waals surface area contributed by atoms with Gasteiger partial charge in [0, 0.05) is 19.3 Å². The number of aromatic nitrogens is 1. The zero-order valence-corrected chi connectivity index (χ0v) is 7.59. The van der Waals surface area contributed by atoms with Gasteiger partial charge in [0.05, 0.1) is 11.9 Å². The molecule has 0 amide bonds. The monoisotopic (exact) mass is 165 g/mol. The molecule has 0 unspecified atom stereocenters. The van der Waals surface area contributed by atoms with Crippen LogP contribution < -0.4 is 10.6 Å². The average molecular weight is 165 g/mol. The second kappa shape index (κ2) is 4.72. The maximum Gasteiger partial charge on any atom is 0.0572 e. The van der Waals surface area contributed by atoms with Crippen LogP contribution in [-0.2, 0) is 6.54 Å². The van der Waals surface area contributed by atoms with Crippen molar-refractivity contribution in [1.29, 1.82) is 0 Å². The van der Waals surface area contributed by atoms with Crippen molar-refractivity contribution in [3.8, 4) is 0 Å². The Labute approximate surface area is 73.2 Å². The predicted octanol–water partition coefficient (Wildman–Crippen LogP) is 1.23. The van der Waals surface area contributed by atoms with Gasteiger partial charge in [-0.05, 0) is 25.6 Å². The van der Waals surface area contributed by atoms with Crippen LogP contribution in [0.2, 0.25) is 0 Å². The standard InChI is InChI=1S/C9H15N3/c1-3-12-9-7-11-5-4-8(9)6-10-2/h4-5,7,10,12H,3,6H2,1-2H3. The van der Waals surface area contributed by atoms with Crippen molar-refractivity contribution in [2.45, 2.75) is 13.5 Å². The second-order valence-corrected chi connectivity index (χ2v) is 2.59. The lowest BCUT2D eigenvalue weighted by molar-refractivity contribution is 0.816. The van der Waals surface area contributed by atoms with Crippen molar-refractivity contribution in [3.63, 3.8) is 0 Å². The van der Waals surface area contributed by atoms with Crippen molar-refractivity contribution in [1.82, 2.24) is 10.3 Å². The highest BCUT2D eigenvalue weighted by Gasteiger charge is 1.97. The van der Waals surface area contributed by atoms with Gasteiger partial charge in [0.2, 0.25) is 0 Å². The van der Waals surface area contributed by atoms with Crippen LogP contribution >= 0.6 is 0 Å². The largest absolute Gasteiger partial charge is 0.384 e. The molecule has 3 nitrogen and oxygen atoms in total. The molecule has 0 bridgehead atoms. The minimum absolute atomic E-state index is 0.880. The van der Waals surface area contributed by atoms with Crippen molar-refractivity contribution in [2.75, 3.05) is 18.9 Å². The van der Waals surface area contributed by atoms with Crippen molar-refractivity contribution in [3.05, 3.63) is 24.0 Å². The lowest BCUT2D eigenvalue weighted by Crippen LogP contribution is -2.09. The summed E-state index contributed by atoms with van der Waals surface area (Å²) < 4.78 is 0. The molecule has 0 spiro atoms. The Morgan fingerprint density at radius 1 is 1.50 bits per heavy atom. The van der Waals surface area contributed by atoms with Gasteiger partial charge in [-0.25, -0.2) is 0 Å². The van der Waals surface area contributed by atoms with E-state index in [0.717, 1.165) is 18.8 Å². The molecule has 12 heavy (non-hydrogen) atoms. The summed E-state index contributed by atoms with van der Waals surface area (Å²) in [5.74, 6) is 0. The summed E-state index contributed by atoms with van der Waals surface area (Å²) in [6.45, 7) is 3.89. The highest BCUT2D eigenvalue weighted by atomic mass is 14.9. The number of nitrogens with one attached hydrogen (secondary N) is 2. The van der Waals surface area contributed by atoms with Crippen LogP contribution in [0.15, 0.2) is 18.5 Å². The van der Waals surface area contributed by atoms with Crippen LogP contribution in [-0.4, -0.2) is 18.6 Å². The number of anilines is 1. The number of nitrogens with zero attached hydrogens (tertiary/aromatic N) is 1. The number of hydrogen-bond donors (Lipinski definition) is 2. The maximum absolute atomic E-state index is 4.06. The molecule has 0 saturated carbocycles. The average Bonchev–Trinajstić information content (AvgIpc) is 2.09. The summed E-state index contributed by atoms with van der Waals surface area (Å²) in [5, 5.41) is 6.37. The van der Waals surface area contributed by atoms with Crippen LogP contribution in [0, 0.1) is 0 Å². The fourth-order valence-electron chi connectivity index (χ4n) is 1.12. The van der Waals surface area contributed by atoms with Gasteiger partial charge < -0.3 is 10.6 Å². The molecule has 0 atom stereocenters. The third-order valence-corrected chi connectivity index (χ3v) is 1.65. The molecule has 2 N–H and O–H groups in total. The second-order valence-electron chi connectivity index (χ2n) is 2.59. The summed E-state index contributed by atoms with van der Waals surface area (Å²) in [4.78, 5) is 4.06. The molecule has 0 fully saturated rings. The van der Waals surface area contributed by atoms with E-state index in [1.165, 1.54) is 5.56 Å². The highest BCUT2D eigenvalue weighted by molar-refractivity contribution is 5.48. The molecule has 1 heterocycles. The summed E-state index contributed by atoms with van der Waals surface area (Å²) in [6.07, 6.45) is 3.67. The molecule has 0 aliphatic heterocycles. The van der Waals surface area contributed by atoms with Crippen molar-refractivity contribution >= 4 is 5.69 Å². The Hall–Kier alpha value is -1.09. The molecule has 0 aliphatic carbocycles. The molecule has 1 aromatic heterocycles. The van der Waals surface area contributed by atoms with E-state index in [0.29, 0.717) is 0 Å². The van der Waals surface area contributed by atoms with Crippen LogP contribution in [0.4, 0.5) is 5.69 Å². The molecule has 1 aromatic rings. The summed E-state index contributed by atoms with van der Waals surface area (Å²) >= 11 is 0. The molecule has 0 radical (unpaired) electrons. The van der Waals surface area contributed by atoms with Crippen LogP contribution in [0.25, 0.3) is 0 Å². The van der Waals surface area contributed by atoms with Crippen molar-refractivity contribution < 1.29 is 0 Å². The first-order valence-electron chi connectivity index (χ1n) is 4.19. The Bertz CT molecular complexity index is 210. The normalized spacial score (nSPS) is 9.83. The quantitative estimate of drug-likeness (QED) is 0.704. The number of pyridine rings is 1. The van der Waals surface area contributed by atoms with Gasteiger partial charge in [0.1, 0.15) is 0 Å². The van der Waals surface area contributed by atoms with E-state index in [2.05, 4.69) is 22.5 Å². The first kappa shape index (κ1) is 9.00. The van der Waals surface area contributed by atoms with E-state index < -0.39 is 0 Å². The van der Waals surface area contributed by atoms with Crippen LogP contribution in [0.5, 0.6) is 0 Å². The van der Waals surface area contributed by atoms with Crippen LogP contribution in [0.1, 0.15) is 12.5 Å². The van der Waals surface area contributed by atoms with E-state index in [9.17, 15) is 0 Å². The molecule has 66 valence electrons. The lowest BCUT2D eigenvalue weighted by atomic mass is 10.2. The van der Waals surface area contributed by atoms with E-state index in [1.54, 1.807) is 0 Å². The Morgan fingerprint density at radius 3 is 3.00 bits per heavy atom. The van der Waals surface area contributed by atoms with E-state index in [-0.39, 0.29) is 0 Å². The first-order valence-corrected chi connectivity index (χ1v) is 4.19. The Morgan fingerprint density at radius 2 is 2.33 bits per heavy atom. The molecule has 3 heteroatoms. The molecule has 1 rings (SSSR count). The first-order chi connectivity index (χ1) is 5.88. The summed E-state index contributed by atoms with van der Waals surface area (Å²) in [7, 11) is 1.94. The maximum atomic E-state index is 4.06. The Balaban J connectivity index is 2.77. The minimum atomic E-state index is 0.880. The van der Waals surface area contributed by atoms with E-state index >= 15 is 0 Å². The predicted molar refractivity (Wildman–Crippen MR) is 51.2 cm³/mol. The molecule has 0 aromatic carbocycles. The van der Waals surface area contributed by atoms with Gasteiger partial charge in [-0.2, -0.15) is 0 Å². The van der Waals surface area contributed by atoms with Gasteiger partial charge >= 0.3 is 0 Å². The van der Waals surface area contributed by atoms with E-state index in [1.807, 2.05) is 25.5 Å². The lowest BCUT2D eigenvalue weighted by Gasteiger charge is -2.08. The minimum Gasteiger partial charge on any atom is -0.384 e. The highest BCUT2D eigenvalue weighted by Crippen LogP contribution is 2.11. The molecular formula is C9H15N3. The molecular weight excluding hydrogens is 150 g/mol. The smallest absolute Gasteiger partial charge is 0.0572 e.